The third-order valence-corrected chi connectivity index (χ3v) is 5.97. The molecule has 0 bridgehead atoms. The van der Waals surface area contributed by atoms with Gasteiger partial charge in [0.1, 0.15) is 11.6 Å². The lowest BCUT2D eigenvalue weighted by Crippen LogP contribution is -2.16. The average Bonchev–Trinajstić information content (AvgIpc) is 3.11. The zero-order valence-electron chi connectivity index (χ0n) is 15.2. The molecule has 7 nitrogen and oxygen atoms in total. The van der Waals surface area contributed by atoms with Gasteiger partial charge in [0.05, 0.1) is 21.5 Å². The summed E-state index contributed by atoms with van der Waals surface area (Å²) in [4.78, 5) is 20.1. The van der Waals surface area contributed by atoms with Gasteiger partial charge in [-0.3, -0.25) is 4.79 Å². The van der Waals surface area contributed by atoms with Gasteiger partial charge in [-0.2, -0.15) is 0 Å². The number of hydrogen-bond donors (Lipinski definition) is 3. The Morgan fingerprint density at radius 1 is 1.07 bits per heavy atom. The van der Waals surface area contributed by atoms with Gasteiger partial charge in [-0.05, 0) is 76.6 Å². The van der Waals surface area contributed by atoms with Crippen molar-refractivity contribution in [2.24, 2.45) is 5.14 Å². The summed E-state index contributed by atoms with van der Waals surface area (Å²) in [6.45, 7) is 0. The fraction of sp³-hybridized carbons (Fsp3) is 0. The van der Waals surface area contributed by atoms with Crippen molar-refractivity contribution in [3.8, 4) is 11.4 Å². The van der Waals surface area contributed by atoms with Crippen molar-refractivity contribution in [3.63, 3.8) is 0 Å². The normalized spacial score (nSPS) is 11.6. The number of anilines is 1. The van der Waals surface area contributed by atoms with Crippen LogP contribution in [0.3, 0.4) is 0 Å². The van der Waals surface area contributed by atoms with E-state index in [1.54, 1.807) is 30.3 Å². The molecule has 0 aliphatic carbocycles. The first kappa shape index (κ1) is 20.2. The lowest BCUT2D eigenvalue weighted by Gasteiger charge is -2.08. The summed E-state index contributed by atoms with van der Waals surface area (Å²) in [5.74, 6) is -0.278. The predicted octanol–water partition coefficient (Wildman–Crippen LogP) is 4.03. The molecule has 1 amide bonds. The van der Waals surface area contributed by atoms with Crippen molar-refractivity contribution < 1.29 is 17.6 Å². The first-order chi connectivity index (χ1) is 14.2. The van der Waals surface area contributed by atoms with Crippen LogP contribution in [0.5, 0.6) is 0 Å². The number of benzene rings is 3. The molecule has 0 spiro atoms. The second-order valence-corrected chi connectivity index (χ2v) is 8.88. The number of primary sulfonamides is 1. The largest absolute Gasteiger partial charge is 0.338 e. The van der Waals surface area contributed by atoms with Crippen molar-refractivity contribution in [1.82, 2.24) is 9.97 Å². The molecule has 4 N–H and O–H groups in total. The van der Waals surface area contributed by atoms with E-state index in [0.29, 0.717) is 27.0 Å². The van der Waals surface area contributed by atoms with Crippen LogP contribution in [-0.2, 0) is 10.0 Å². The standard InChI is InChI=1S/C20H14BrFN4O3S/c21-16-7-6-14(30(23,28)29)10-15(16)20(27)24-13-5-8-17-18(9-13)26-19(25-17)11-1-3-12(22)4-2-11/h1-10H,(H,24,27)(H,25,26)(H2,23,28,29). The summed E-state index contributed by atoms with van der Waals surface area (Å²) >= 11 is 3.25. The minimum absolute atomic E-state index is 0.123. The molecule has 10 heteroatoms. The number of halogens is 2. The number of nitrogens with one attached hydrogen (secondary N) is 2. The van der Waals surface area contributed by atoms with Gasteiger partial charge in [-0.25, -0.2) is 22.9 Å². The van der Waals surface area contributed by atoms with Crippen LogP contribution in [0.25, 0.3) is 22.4 Å². The van der Waals surface area contributed by atoms with E-state index < -0.39 is 15.9 Å². The van der Waals surface area contributed by atoms with Gasteiger partial charge in [0.25, 0.3) is 5.91 Å². The lowest BCUT2D eigenvalue weighted by molar-refractivity contribution is 0.102. The number of nitrogens with two attached hydrogens (primary N) is 1. The molecule has 0 fully saturated rings. The molecule has 4 rings (SSSR count). The number of nitrogens with zero attached hydrogens (tertiary/aromatic N) is 1. The average molecular weight is 489 g/mol. The first-order valence-electron chi connectivity index (χ1n) is 8.60. The van der Waals surface area contributed by atoms with Gasteiger partial charge in [0, 0.05) is 15.7 Å². The van der Waals surface area contributed by atoms with Gasteiger partial charge < -0.3 is 10.3 Å². The van der Waals surface area contributed by atoms with Crippen molar-refractivity contribution in [2.75, 3.05) is 5.32 Å². The summed E-state index contributed by atoms with van der Waals surface area (Å²) in [7, 11) is -3.94. The Labute approximate surface area is 179 Å². The van der Waals surface area contributed by atoms with Crippen LogP contribution >= 0.6 is 15.9 Å². The highest BCUT2D eigenvalue weighted by Crippen LogP contribution is 2.25. The molecule has 4 aromatic rings. The summed E-state index contributed by atoms with van der Waals surface area (Å²) < 4.78 is 36.7. The third kappa shape index (κ3) is 4.11. The van der Waals surface area contributed by atoms with E-state index in [1.807, 2.05) is 0 Å². The molecular weight excluding hydrogens is 475 g/mol. The van der Waals surface area contributed by atoms with Gasteiger partial charge in [0.15, 0.2) is 0 Å². The highest BCUT2D eigenvalue weighted by atomic mass is 79.9. The second kappa shape index (κ2) is 7.63. The van der Waals surface area contributed by atoms with Gasteiger partial charge >= 0.3 is 0 Å². The fourth-order valence-corrected chi connectivity index (χ4v) is 3.85. The van der Waals surface area contributed by atoms with Crippen LogP contribution in [0.4, 0.5) is 10.1 Å². The number of aromatic nitrogens is 2. The summed E-state index contributed by atoms with van der Waals surface area (Å²) in [6.07, 6.45) is 0. The highest BCUT2D eigenvalue weighted by molar-refractivity contribution is 9.10. The molecule has 0 radical (unpaired) electrons. The Hall–Kier alpha value is -3.08. The molecule has 0 aliphatic heterocycles. The number of carbonyl (C=O) groups is 1. The zero-order chi connectivity index (χ0) is 21.5. The quantitative estimate of drug-likeness (QED) is 0.401. The summed E-state index contributed by atoms with van der Waals surface area (Å²) in [5, 5.41) is 7.87. The van der Waals surface area contributed by atoms with Crippen molar-refractivity contribution in [1.29, 1.82) is 0 Å². The molecule has 1 heterocycles. The van der Waals surface area contributed by atoms with Crippen LogP contribution in [-0.4, -0.2) is 24.3 Å². The van der Waals surface area contributed by atoms with E-state index in [1.165, 1.54) is 30.3 Å². The van der Waals surface area contributed by atoms with E-state index in [-0.39, 0.29) is 16.3 Å². The van der Waals surface area contributed by atoms with E-state index in [2.05, 4.69) is 31.2 Å². The SMILES string of the molecule is NS(=O)(=O)c1ccc(Br)c(C(=O)Nc2ccc3nc(-c4ccc(F)cc4)[nH]c3c2)c1. The Morgan fingerprint density at radius 2 is 1.80 bits per heavy atom. The highest BCUT2D eigenvalue weighted by Gasteiger charge is 2.16. The molecule has 152 valence electrons. The number of imidazole rings is 1. The number of hydrogen-bond acceptors (Lipinski definition) is 4. The van der Waals surface area contributed by atoms with E-state index in [9.17, 15) is 17.6 Å². The number of fused-ring (bicyclic) bond motifs is 1. The van der Waals surface area contributed by atoms with Crippen LogP contribution in [0.2, 0.25) is 0 Å². The van der Waals surface area contributed by atoms with Gasteiger partial charge in [-0.15, -0.1) is 0 Å². The minimum atomic E-state index is -3.94. The van der Waals surface area contributed by atoms with Gasteiger partial charge in [-0.1, -0.05) is 0 Å². The van der Waals surface area contributed by atoms with Crippen LogP contribution in [0.1, 0.15) is 10.4 Å². The molecule has 3 aromatic carbocycles. The number of sulfonamides is 1. The number of amides is 1. The maximum Gasteiger partial charge on any atom is 0.256 e. The first-order valence-corrected chi connectivity index (χ1v) is 10.9. The fourth-order valence-electron chi connectivity index (χ4n) is 2.89. The Balaban J connectivity index is 1.63. The topological polar surface area (TPSA) is 118 Å². The lowest BCUT2D eigenvalue weighted by atomic mass is 10.2. The predicted molar refractivity (Wildman–Crippen MR) is 115 cm³/mol. The summed E-state index contributed by atoms with van der Waals surface area (Å²) in [6, 6.07) is 15.0. The van der Waals surface area contributed by atoms with Crippen LogP contribution < -0.4 is 10.5 Å². The number of carbonyl (C=O) groups excluding carboxylic acids is 1. The van der Waals surface area contributed by atoms with E-state index >= 15 is 0 Å². The minimum Gasteiger partial charge on any atom is -0.338 e. The smallest absolute Gasteiger partial charge is 0.256 e. The monoisotopic (exact) mass is 488 g/mol. The van der Waals surface area contributed by atoms with Crippen molar-refractivity contribution in [3.05, 3.63) is 76.5 Å². The Morgan fingerprint density at radius 3 is 2.50 bits per heavy atom. The molecule has 0 atom stereocenters. The second-order valence-electron chi connectivity index (χ2n) is 6.47. The molecule has 0 unspecified atom stereocenters. The van der Waals surface area contributed by atoms with Crippen molar-refractivity contribution in [2.45, 2.75) is 4.90 Å². The molecule has 0 aliphatic rings. The third-order valence-electron chi connectivity index (χ3n) is 4.37. The number of aromatic amines is 1. The molecule has 30 heavy (non-hydrogen) atoms. The Kier molecular flexibility index (Phi) is 5.14. The van der Waals surface area contributed by atoms with E-state index in [4.69, 9.17) is 5.14 Å². The van der Waals surface area contributed by atoms with E-state index in [0.717, 1.165) is 5.56 Å². The molecule has 0 saturated carbocycles. The zero-order valence-corrected chi connectivity index (χ0v) is 17.6. The maximum absolute atomic E-state index is 13.1. The van der Waals surface area contributed by atoms with Crippen molar-refractivity contribution >= 4 is 48.6 Å². The maximum atomic E-state index is 13.1. The number of rotatable bonds is 4. The van der Waals surface area contributed by atoms with Gasteiger partial charge in [0.2, 0.25) is 10.0 Å². The number of H-pyrrole nitrogens is 1. The summed E-state index contributed by atoms with van der Waals surface area (Å²) in [5.41, 5.74) is 2.67. The van der Waals surface area contributed by atoms with Crippen LogP contribution in [0.15, 0.2) is 70.0 Å². The molecule has 0 saturated heterocycles. The van der Waals surface area contributed by atoms with Crippen LogP contribution in [0, 0.1) is 5.82 Å². The molecular formula is C20H14BrFN4O3S. The molecule has 1 aromatic heterocycles. The Bertz CT molecular complexity index is 1390.